The lowest BCUT2D eigenvalue weighted by atomic mass is 9.99. The minimum absolute atomic E-state index is 0.0653. The largest absolute Gasteiger partial charge is 0.467 e. The van der Waals surface area contributed by atoms with Crippen molar-refractivity contribution in [1.29, 1.82) is 5.26 Å². The maximum absolute atomic E-state index is 11.7. The van der Waals surface area contributed by atoms with E-state index in [1.807, 2.05) is 56.3 Å². The fourth-order valence-electron chi connectivity index (χ4n) is 2.37. The number of carbonyl (C=O) groups excluding carboxylic acids is 1. The maximum Gasteiger partial charge on any atom is 0.330 e. The predicted octanol–water partition coefficient (Wildman–Crippen LogP) is 3.84. The molecule has 0 aliphatic carbocycles. The van der Waals surface area contributed by atoms with Gasteiger partial charge in [0.15, 0.2) is 0 Å². The fourth-order valence-corrected chi connectivity index (χ4v) is 2.37. The molecule has 0 radical (unpaired) electrons. The molecule has 4 nitrogen and oxygen atoms in total. The summed E-state index contributed by atoms with van der Waals surface area (Å²) in [6.07, 6.45) is 1.68. The molecule has 0 bridgehead atoms. The number of nitrogens with zero attached hydrogens (tertiary/aromatic N) is 2. The lowest BCUT2D eigenvalue weighted by Gasteiger charge is -2.13. The molecule has 2 aromatic carbocycles. The summed E-state index contributed by atoms with van der Waals surface area (Å²) in [5, 5.41) is 9.19. The van der Waals surface area contributed by atoms with E-state index in [9.17, 15) is 10.1 Å². The number of rotatable bonds is 5. The molecule has 0 aromatic heterocycles. The molecule has 0 N–H and O–H groups in total. The summed E-state index contributed by atoms with van der Waals surface area (Å²) in [5.41, 5.74) is 3.41. The van der Waals surface area contributed by atoms with Crippen LogP contribution in [0.2, 0.25) is 0 Å². The summed E-state index contributed by atoms with van der Waals surface area (Å²) in [6.45, 7) is 3.86. The smallest absolute Gasteiger partial charge is 0.330 e. The molecular formula is C20H20N2O2. The molecule has 0 amide bonds. The van der Waals surface area contributed by atoms with Crippen LogP contribution in [0.15, 0.2) is 53.5 Å². The number of hydrogen-bond donors (Lipinski definition) is 0. The van der Waals surface area contributed by atoms with Gasteiger partial charge >= 0.3 is 5.97 Å². The van der Waals surface area contributed by atoms with E-state index in [0.29, 0.717) is 5.56 Å². The van der Waals surface area contributed by atoms with Gasteiger partial charge in [0, 0.05) is 6.21 Å². The van der Waals surface area contributed by atoms with Gasteiger partial charge in [0.05, 0.1) is 18.7 Å². The highest BCUT2D eigenvalue weighted by Crippen LogP contribution is 2.23. The average Bonchev–Trinajstić information content (AvgIpc) is 2.61. The average molecular weight is 320 g/mol. The van der Waals surface area contributed by atoms with Crippen molar-refractivity contribution in [3.63, 3.8) is 0 Å². The Labute approximate surface area is 142 Å². The predicted molar refractivity (Wildman–Crippen MR) is 94.8 cm³/mol. The van der Waals surface area contributed by atoms with Crippen molar-refractivity contribution in [3.05, 3.63) is 59.7 Å². The highest BCUT2D eigenvalue weighted by atomic mass is 16.5. The first-order valence-corrected chi connectivity index (χ1v) is 7.77. The Hall–Kier alpha value is -2.93. The third-order valence-electron chi connectivity index (χ3n) is 3.73. The quantitative estimate of drug-likeness (QED) is 0.621. The Bertz CT molecular complexity index is 771. The Balaban J connectivity index is 2.22. The zero-order chi connectivity index (χ0) is 17.5. The molecule has 2 rings (SSSR count). The molecule has 24 heavy (non-hydrogen) atoms. The van der Waals surface area contributed by atoms with Crippen molar-refractivity contribution >= 4 is 12.2 Å². The van der Waals surface area contributed by atoms with Gasteiger partial charge in [0.1, 0.15) is 6.04 Å². The molecule has 2 aromatic rings. The molecule has 0 saturated heterocycles. The van der Waals surface area contributed by atoms with Gasteiger partial charge in [-0.1, -0.05) is 56.3 Å². The molecule has 0 aliphatic heterocycles. The van der Waals surface area contributed by atoms with Crippen LogP contribution in [0.5, 0.6) is 0 Å². The van der Waals surface area contributed by atoms with Gasteiger partial charge in [0.2, 0.25) is 0 Å². The molecule has 0 saturated carbocycles. The van der Waals surface area contributed by atoms with Crippen LogP contribution in [-0.4, -0.2) is 25.3 Å². The lowest BCUT2D eigenvalue weighted by molar-refractivity contribution is -0.143. The first kappa shape index (κ1) is 17.4. The number of methoxy groups -OCH3 is 1. The standard InChI is InChI=1S/C20H20N2O2/c1-14(2)19(20(23)24-3)22-13-15-8-10-16(11-9-15)18-7-5-4-6-17(18)12-21/h4-11,13-14,19H,1-3H3/t19-/m0/s1. The van der Waals surface area contributed by atoms with Gasteiger partial charge in [-0.05, 0) is 28.7 Å². The van der Waals surface area contributed by atoms with Gasteiger partial charge < -0.3 is 4.74 Å². The van der Waals surface area contributed by atoms with Gasteiger partial charge in [-0.3, -0.25) is 4.99 Å². The van der Waals surface area contributed by atoms with Crippen LogP contribution in [0.1, 0.15) is 25.0 Å². The summed E-state index contributed by atoms with van der Waals surface area (Å²) in [4.78, 5) is 16.1. The van der Waals surface area contributed by atoms with Crippen LogP contribution in [0, 0.1) is 17.2 Å². The summed E-state index contributed by atoms with van der Waals surface area (Å²) >= 11 is 0. The third-order valence-corrected chi connectivity index (χ3v) is 3.73. The first-order chi connectivity index (χ1) is 11.6. The van der Waals surface area contributed by atoms with E-state index in [-0.39, 0.29) is 11.9 Å². The Kier molecular flexibility index (Phi) is 5.86. The van der Waals surface area contributed by atoms with E-state index in [2.05, 4.69) is 11.1 Å². The second-order valence-corrected chi connectivity index (χ2v) is 5.77. The van der Waals surface area contributed by atoms with E-state index in [0.717, 1.165) is 16.7 Å². The minimum Gasteiger partial charge on any atom is -0.467 e. The van der Waals surface area contributed by atoms with Crippen molar-refractivity contribution in [1.82, 2.24) is 0 Å². The third kappa shape index (κ3) is 4.08. The molecule has 0 unspecified atom stereocenters. The zero-order valence-corrected chi connectivity index (χ0v) is 14.1. The van der Waals surface area contributed by atoms with E-state index < -0.39 is 6.04 Å². The zero-order valence-electron chi connectivity index (χ0n) is 14.1. The van der Waals surface area contributed by atoms with Crippen molar-refractivity contribution < 1.29 is 9.53 Å². The summed E-state index contributed by atoms with van der Waals surface area (Å²) in [7, 11) is 1.37. The van der Waals surface area contributed by atoms with E-state index in [1.54, 1.807) is 12.3 Å². The maximum atomic E-state index is 11.7. The summed E-state index contributed by atoms with van der Waals surface area (Å²) in [5.74, 6) is -0.267. The number of hydrogen-bond acceptors (Lipinski definition) is 4. The summed E-state index contributed by atoms with van der Waals surface area (Å²) in [6, 6.07) is 16.9. The number of ether oxygens (including phenoxy) is 1. The Morgan fingerprint density at radius 2 is 1.83 bits per heavy atom. The second kappa shape index (κ2) is 8.07. The first-order valence-electron chi connectivity index (χ1n) is 7.77. The molecule has 4 heteroatoms. The molecular weight excluding hydrogens is 300 g/mol. The van der Waals surface area contributed by atoms with E-state index in [1.165, 1.54) is 7.11 Å². The van der Waals surface area contributed by atoms with E-state index in [4.69, 9.17) is 4.74 Å². The molecule has 122 valence electrons. The Morgan fingerprint density at radius 3 is 2.42 bits per heavy atom. The van der Waals surface area contributed by atoms with Crippen molar-refractivity contribution in [2.45, 2.75) is 19.9 Å². The van der Waals surface area contributed by atoms with Gasteiger partial charge in [-0.15, -0.1) is 0 Å². The highest BCUT2D eigenvalue weighted by molar-refractivity contribution is 5.85. The molecule has 0 aliphatic rings. The monoisotopic (exact) mass is 320 g/mol. The van der Waals surface area contributed by atoms with Crippen LogP contribution < -0.4 is 0 Å². The van der Waals surface area contributed by atoms with Crippen molar-refractivity contribution in [2.24, 2.45) is 10.9 Å². The fraction of sp³-hybridized carbons (Fsp3) is 0.250. The number of benzene rings is 2. The number of carbonyl (C=O) groups is 1. The van der Waals surface area contributed by atoms with Crippen molar-refractivity contribution in [2.75, 3.05) is 7.11 Å². The van der Waals surface area contributed by atoms with Gasteiger partial charge in [-0.25, -0.2) is 4.79 Å². The highest BCUT2D eigenvalue weighted by Gasteiger charge is 2.21. The lowest BCUT2D eigenvalue weighted by Crippen LogP contribution is -2.25. The van der Waals surface area contributed by atoms with Crippen molar-refractivity contribution in [3.8, 4) is 17.2 Å². The normalized spacial score (nSPS) is 12.1. The number of aliphatic imine (C=N–C) groups is 1. The van der Waals surface area contributed by atoms with Gasteiger partial charge in [-0.2, -0.15) is 5.26 Å². The van der Waals surface area contributed by atoms with E-state index >= 15 is 0 Å². The molecule has 1 atom stereocenters. The topological polar surface area (TPSA) is 62.4 Å². The number of nitriles is 1. The molecule has 0 spiro atoms. The van der Waals surface area contributed by atoms with Crippen LogP contribution in [0.25, 0.3) is 11.1 Å². The summed E-state index contributed by atoms with van der Waals surface area (Å²) < 4.78 is 4.78. The van der Waals surface area contributed by atoms with Gasteiger partial charge in [0.25, 0.3) is 0 Å². The Morgan fingerprint density at radius 1 is 1.17 bits per heavy atom. The van der Waals surface area contributed by atoms with Crippen LogP contribution in [0.3, 0.4) is 0 Å². The molecule has 0 fully saturated rings. The minimum atomic E-state index is -0.506. The number of esters is 1. The van der Waals surface area contributed by atoms with Crippen LogP contribution in [-0.2, 0) is 9.53 Å². The van der Waals surface area contributed by atoms with Crippen LogP contribution in [0.4, 0.5) is 0 Å². The molecule has 0 heterocycles. The van der Waals surface area contributed by atoms with Crippen LogP contribution >= 0.6 is 0 Å². The SMILES string of the molecule is COC(=O)[C@@H](N=Cc1ccc(-c2ccccc2C#N)cc1)C(C)C. The second-order valence-electron chi connectivity index (χ2n) is 5.77.